The second-order valence-electron chi connectivity index (χ2n) is 6.24. The standard InChI is InChI=1S/C20H25NO6S/c1-5-9-26-15-8-7-14(10-16(15)25-4)11-17-19(23)21(20(24)28-17)12-18(22)27-13(3)6-2/h7-8,10-11,13H,5-6,9,12H2,1-4H3/b17-11-/t13-/m1/s1. The molecular formula is C20H25NO6S. The molecule has 1 aromatic rings. The fourth-order valence-electron chi connectivity index (χ4n) is 2.37. The number of carbonyl (C=O) groups is 3. The van der Waals surface area contributed by atoms with Crippen LogP contribution in [0, 0.1) is 0 Å². The van der Waals surface area contributed by atoms with Crippen LogP contribution in [0.2, 0.25) is 0 Å². The summed E-state index contributed by atoms with van der Waals surface area (Å²) in [5, 5.41) is -0.493. The number of carbonyl (C=O) groups excluding carboxylic acids is 3. The minimum Gasteiger partial charge on any atom is -0.493 e. The van der Waals surface area contributed by atoms with Gasteiger partial charge in [-0.3, -0.25) is 19.3 Å². The Morgan fingerprint density at radius 2 is 2.00 bits per heavy atom. The Labute approximate surface area is 169 Å². The zero-order valence-corrected chi connectivity index (χ0v) is 17.3. The lowest BCUT2D eigenvalue weighted by Crippen LogP contribution is -2.35. The third kappa shape index (κ3) is 5.51. The van der Waals surface area contributed by atoms with Gasteiger partial charge in [0.2, 0.25) is 0 Å². The van der Waals surface area contributed by atoms with Gasteiger partial charge in [-0.05, 0) is 55.3 Å². The van der Waals surface area contributed by atoms with Crippen molar-refractivity contribution in [1.29, 1.82) is 0 Å². The monoisotopic (exact) mass is 407 g/mol. The summed E-state index contributed by atoms with van der Waals surface area (Å²) in [6.45, 7) is 5.83. The third-order valence-corrected chi connectivity index (χ3v) is 4.92. The summed E-state index contributed by atoms with van der Waals surface area (Å²) >= 11 is 0.793. The van der Waals surface area contributed by atoms with Gasteiger partial charge in [-0.25, -0.2) is 0 Å². The van der Waals surface area contributed by atoms with Gasteiger partial charge in [0.1, 0.15) is 6.54 Å². The van der Waals surface area contributed by atoms with E-state index in [1.54, 1.807) is 31.2 Å². The lowest BCUT2D eigenvalue weighted by molar-refractivity contribution is -0.150. The summed E-state index contributed by atoms with van der Waals surface area (Å²) < 4.78 is 16.1. The van der Waals surface area contributed by atoms with Crippen LogP contribution in [0.25, 0.3) is 6.08 Å². The third-order valence-electron chi connectivity index (χ3n) is 4.02. The van der Waals surface area contributed by atoms with Crippen molar-refractivity contribution in [2.75, 3.05) is 20.3 Å². The fraction of sp³-hybridized carbons (Fsp3) is 0.450. The van der Waals surface area contributed by atoms with Crippen LogP contribution in [0.4, 0.5) is 4.79 Å². The van der Waals surface area contributed by atoms with Crippen LogP contribution in [0.1, 0.15) is 39.2 Å². The zero-order valence-electron chi connectivity index (χ0n) is 16.5. The molecule has 0 saturated carbocycles. The highest BCUT2D eigenvalue weighted by molar-refractivity contribution is 8.18. The van der Waals surface area contributed by atoms with Gasteiger partial charge in [-0.2, -0.15) is 0 Å². The number of nitrogens with zero attached hydrogens (tertiary/aromatic N) is 1. The SMILES string of the molecule is CCCOc1ccc(/C=C2\SC(=O)N(CC(=O)O[C@H](C)CC)C2=O)cc1OC. The van der Waals surface area contributed by atoms with Crippen LogP contribution in [0.15, 0.2) is 23.1 Å². The number of thioether (sulfide) groups is 1. The molecule has 2 rings (SSSR count). The lowest BCUT2D eigenvalue weighted by atomic mass is 10.2. The Morgan fingerprint density at radius 1 is 1.25 bits per heavy atom. The molecule has 0 N–H and O–H groups in total. The molecule has 1 atom stereocenters. The number of ether oxygens (including phenoxy) is 3. The normalized spacial score (nSPS) is 16.4. The quantitative estimate of drug-likeness (QED) is 0.454. The number of methoxy groups -OCH3 is 1. The number of rotatable bonds is 9. The average Bonchev–Trinajstić information content (AvgIpc) is 2.93. The molecule has 1 aromatic carbocycles. The van der Waals surface area contributed by atoms with Crippen molar-refractivity contribution in [1.82, 2.24) is 4.90 Å². The highest BCUT2D eigenvalue weighted by Gasteiger charge is 2.36. The van der Waals surface area contributed by atoms with E-state index in [4.69, 9.17) is 14.2 Å². The van der Waals surface area contributed by atoms with E-state index in [0.29, 0.717) is 30.1 Å². The van der Waals surface area contributed by atoms with E-state index in [1.807, 2.05) is 13.8 Å². The van der Waals surface area contributed by atoms with Gasteiger partial charge >= 0.3 is 5.97 Å². The summed E-state index contributed by atoms with van der Waals surface area (Å²) in [6, 6.07) is 5.27. The van der Waals surface area contributed by atoms with Gasteiger partial charge in [-0.1, -0.05) is 19.9 Å². The molecule has 1 heterocycles. The van der Waals surface area contributed by atoms with Crippen molar-refractivity contribution in [2.45, 2.75) is 39.7 Å². The first kappa shape index (κ1) is 21.8. The first-order chi connectivity index (χ1) is 13.4. The maximum atomic E-state index is 12.5. The van der Waals surface area contributed by atoms with E-state index in [0.717, 1.165) is 23.1 Å². The molecule has 0 radical (unpaired) electrons. The first-order valence-corrected chi connectivity index (χ1v) is 9.96. The van der Waals surface area contributed by atoms with Gasteiger partial charge in [0, 0.05) is 0 Å². The highest BCUT2D eigenvalue weighted by atomic mass is 32.2. The van der Waals surface area contributed by atoms with Crippen molar-refractivity contribution in [3.8, 4) is 11.5 Å². The summed E-state index contributed by atoms with van der Waals surface area (Å²) in [6.07, 6.45) is 2.87. The second-order valence-corrected chi connectivity index (χ2v) is 7.23. The van der Waals surface area contributed by atoms with Gasteiger partial charge < -0.3 is 14.2 Å². The van der Waals surface area contributed by atoms with Crippen molar-refractivity contribution < 1.29 is 28.6 Å². The number of amides is 2. The maximum Gasteiger partial charge on any atom is 0.326 e. The van der Waals surface area contributed by atoms with E-state index < -0.39 is 17.1 Å². The Bertz CT molecular complexity index is 776. The van der Waals surface area contributed by atoms with Crippen molar-refractivity contribution >= 4 is 35.0 Å². The summed E-state index contributed by atoms with van der Waals surface area (Å²) in [4.78, 5) is 37.7. The molecule has 1 fully saturated rings. The van der Waals surface area contributed by atoms with Crippen LogP contribution >= 0.6 is 11.8 Å². The van der Waals surface area contributed by atoms with Crippen LogP contribution in [-0.4, -0.2) is 48.4 Å². The molecule has 7 nitrogen and oxygen atoms in total. The smallest absolute Gasteiger partial charge is 0.326 e. The molecule has 0 aromatic heterocycles. The number of esters is 1. The van der Waals surface area contributed by atoms with E-state index in [-0.39, 0.29) is 17.6 Å². The van der Waals surface area contributed by atoms with Crippen LogP contribution in [-0.2, 0) is 14.3 Å². The van der Waals surface area contributed by atoms with Crippen molar-refractivity contribution in [3.05, 3.63) is 28.7 Å². The van der Waals surface area contributed by atoms with E-state index in [1.165, 1.54) is 7.11 Å². The molecule has 0 bridgehead atoms. The predicted octanol–water partition coefficient (Wildman–Crippen LogP) is 3.86. The average molecular weight is 407 g/mol. The minimum absolute atomic E-state index is 0.241. The van der Waals surface area contributed by atoms with Crippen molar-refractivity contribution in [3.63, 3.8) is 0 Å². The predicted molar refractivity (Wildman–Crippen MR) is 107 cm³/mol. The van der Waals surface area contributed by atoms with Gasteiger partial charge in [0.15, 0.2) is 11.5 Å². The molecule has 0 aliphatic carbocycles. The van der Waals surface area contributed by atoms with Gasteiger partial charge in [0.05, 0.1) is 24.7 Å². The summed E-state index contributed by atoms with van der Waals surface area (Å²) in [5.41, 5.74) is 0.688. The Morgan fingerprint density at radius 3 is 2.64 bits per heavy atom. The lowest BCUT2D eigenvalue weighted by Gasteiger charge is -2.14. The van der Waals surface area contributed by atoms with E-state index in [2.05, 4.69) is 0 Å². The molecule has 1 aliphatic rings. The van der Waals surface area contributed by atoms with E-state index in [9.17, 15) is 14.4 Å². The highest BCUT2D eigenvalue weighted by Crippen LogP contribution is 2.34. The zero-order chi connectivity index (χ0) is 20.7. The summed E-state index contributed by atoms with van der Waals surface area (Å²) in [7, 11) is 1.54. The topological polar surface area (TPSA) is 82.1 Å². The van der Waals surface area contributed by atoms with Crippen LogP contribution in [0.3, 0.4) is 0 Å². The Balaban J connectivity index is 2.13. The second kappa shape index (κ2) is 10.2. The molecule has 0 spiro atoms. The van der Waals surface area contributed by atoms with Crippen LogP contribution < -0.4 is 9.47 Å². The molecule has 152 valence electrons. The molecule has 1 saturated heterocycles. The molecule has 2 amide bonds. The first-order valence-electron chi connectivity index (χ1n) is 9.15. The number of hydrogen-bond acceptors (Lipinski definition) is 7. The minimum atomic E-state index is -0.600. The fourth-order valence-corrected chi connectivity index (χ4v) is 3.21. The molecule has 28 heavy (non-hydrogen) atoms. The van der Waals surface area contributed by atoms with Gasteiger partial charge in [0.25, 0.3) is 11.1 Å². The Hall–Kier alpha value is -2.48. The molecular weight excluding hydrogens is 382 g/mol. The largest absolute Gasteiger partial charge is 0.493 e. The molecule has 1 aliphatic heterocycles. The maximum absolute atomic E-state index is 12.5. The Kier molecular flexibility index (Phi) is 7.92. The van der Waals surface area contributed by atoms with Crippen molar-refractivity contribution in [2.24, 2.45) is 0 Å². The summed E-state index contributed by atoms with van der Waals surface area (Å²) in [5.74, 6) is 0.0410. The number of hydrogen-bond donors (Lipinski definition) is 0. The number of imide groups is 1. The molecule has 8 heteroatoms. The van der Waals surface area contributed by atoms with Crippen LogP contribution in [0.5, 0.6) is 11.5 Å². The molecule has 0 unspecified atom stereocenters. The van der Waals surface area contributed by atoms with Gasteiger partial charge in [-0.15, -0.1) is 0 Å². The van der Waals surface area contributed by atoms with E-state index >= 15 is 0 Å². The number of benzene rings is 1.